The van der Waals surface area contributed by atoms with Gasteiger partial charge in [-0.05, 0) is 18.9 Å². The van der Waals surface area contributed by atoms with Crippen LogP contribution >= 0.6 is 0 Å². The Morgan fingerprint density at radius 2 is 2.38 bits per heavy atom. The Kier molecular flexibility index (Phi) is 3.20. The third kappa shape index (κ3) is 2.16. The number of rotatable bonds is 3. The van der Waals surface area contributed by atoms with Crippen LogP contribution in [0.1, 0.15) is 19.8 Å². The molecule has 0 spiro atoms. The average molecular weight is 178 g/mol. The van der Waals surface area contributed by atoms with Gasteiger partial charge in [0.25, 0.3) is 0 Å². The fourth-order valence-corrected chi connectivity index (χ4v) is 1.43. The van der Waals surface area contributed by atoms with Crippen molar-refractivity contribution in [2.24, 2.45) is 0 Å². The highest BCUT2D eigenvalue weighted by Gasteiger charge is 2.26. The SMILES string of the molecule is C=C/C=C\CC1=C(C)[C@H](O)CC1=O. The average Bonchev–Trinajstić information content (AvgIpc) is 2.32. The molecular weight excluding hydrogens is 164 g/mol. The van der Waals surface area contributed by atoms with E-state index in [2.05, 4.69) is 6.58 Å². The van der Waals surface area contributed by atoms with Gasteiger partial charge in [0.15, 0.2) is 5.78 Å². The first-order valence-electron chi connectivity index (χ1n) is 4.35. The number of aliphatic hydroxyl groups excluding tert-OH is 1. The van der Waals surface area contributed by atoms with E-state index in [1.165, 1.54) is 0 Å². The van der Waals surface area contributed by atoms with E-state index in [1.807, 2.05) is 13.0 Å². The molecule has 1 N–H and O–H groups in total. The summed E-state index contributed by atoms with van der Waals surface area (Å²) in [5, 5.41) is 9.37. The van der Waals surface area contributed by atoms with Crippen LogP contribution in [0, 0.1) is 0 Å². The van der Waals surface area contributed by atoms with Gasteiger partial charge in [0, 0.05) is 12.0 Å². The molecule has 0 unspecified atom stereocenters. The first-order valence-corrected chi connectivity index (χ1v) is 4.35. The summed E-state index contributed by atoms with van der Waals surface area (Å²) in [6.07, 6.45) is 5.66. The molecule has 2 heteroatoms. The molecule has 0 fully saturated rings. The number of hydrogen-bond donors (Lipinski definition) is 1. The molecule has 1 atom stereocenters. The van der Waals surface area contributed by atoms with Crippen molar-refractivity contribution in [3.8, 4) is 0 Å². The van der Waals surface area contributed by atoms with Crippen LogP contribution < -0.4 is 0 Å². The lowest BCUT2D eigenvalue weighted by Gasteiger charge is -1.99. The van der Waals surface area contributed by atoms with E-state index >= 15 is 0 Å². The molecule has 0 aromatic heterocycles. The Morgan fingerprint density at radius 3 is 2.85 bits per heavy atom. The minimum atomic E-state index is -0.556. The highest BCUT2D eigenvalue weighted by atomic mass is 16.3. The van der Waals surface area contributed by atoms with Crippen LogP contribution in [0.2, 0.25) is 0 Å². The molecule has 0 aliphatic heterocycles. The maximum absolute atomic E-state index is 11.3. The molecule has 1 aliphatic rings. The van der Waals surface area contributed by atoms with Gasteiger partial charge in [-0.1, -0.05) is 24.8 Å². The summed E-state index contributed by atoms with van der Waals surface area (Å²) < 4.78 is 0. The second-order valence-corrected chi connectivity index (χ2v) is 3.17. The third-order valence-corrected chi connectivity index (χ3v) is 2.29. The zero-order valence-electron chi connectivity index (χ0n) is 7.79. The van der Waals surface area contributed by atoms with Gasteiger partial charge in [0.1, 0.15) is 0 Å². The lowest BCUT2D eigenvalue weighted by molar-refractivity contribution is -0.115. The summed E-state index contributed by atoms with van der Waals surface area (Å²) in [6.45, 7) is 5.35. The maximum atomic E-state index is 11.3. The van der Waals surface area contributed by atoms with Crippen molar-refractivity contribution < 1.29 is 9.90 Å². The minimum absolute atomic E-state index is 0.0683. The molecule has 0 radical (unpaired) electrons. The molecule has 1 aliphatic carbocycles. The second kappa shape index (κ2) is 4.19. The number of hydrogen-bond acceptors (Lipinski definition) is 2. The van der Waals surface area contributed by atoms with Crippen LogP contribution in [0.3, 0.4) is 0 Å². The van der Waals surface area contributed by atoms with E-state index in [9.17, 15) is 9.90 Å². The smallest absolute Gasteiger partial charge is 0.162 e. The summed E-state index contributed by atoms with van der Waals surface area (Å²) in [6, 6.07) is 0. The summed E-state index contributed by atoms with van der Waals surface area (Å²) in [7, 11) is 0. The van der Waals surface area contributed by atoms with Gasteiger partial charge >= 0.3 is 0 Å². The van der Waals surface area contributed by atoms with Crippen LogP contribution in [0.25, 0.3) is 0 Å². The number of carbonyl (C=O) groups excluding carboxylic acids is 1. The number of ketones is 1. The number of Topliss-reactive ketones (excluding diaryl/α,β-unsaturated/α-hetero) is 1. The van der Waals surface area contributed by atoms with Gasteiger partial charge in [-0.25, -0.2) is 0 Å². The fraction of sp³-hybridized carbons (Fsp3) is 0.364. The molecule has 0 saturated carbocycles. The molecule has 0 aromatic rings. The van der Waals surface area contributed by atoms with E-state index in [-0.39, 0.29) is 12.2 Å². The topological polar surface area (TPSA) is 37.3 Å². The van der Waals surface area contributed by atoms with Crippen molar-refractivity contribution >= 4 is 5.78 Å². The van der Waals surface area contributed by atoms with Gasteiger partial charge in [-0.15, -0.1) is 0 Å². The van der Waals surface area contributed by atoms with Crippen LogP contribution in [0.15, 0.2) is 36.0 Å². The predicted octanol–water partition coefficient (Wildman–Crippen LogP) is 1.77. The highest BCUT2D eigenvalue weighted by Crippen LogP contribution is 2.25. The van der Waals surface area contributed by atoms with Crippen LogP contribution in [-0.4, -0.2) is 17.0 Å². The monoisotopic (exact) mass is 178 g/mol. The Morgan fingerprint density at radius 1 is 1.69 bits per heavy atom. The Bertz CT molecular complexity index is 284. The van der Waals surface area contributed by atoms with E-state index in [1.54, 1.807) is 12.2 Å². The summed E-state index contributed by atoms with van der Waals surface area (Å²) in [5.74, 6) is 0.0683. The van der Waals surface area contributed by atoms with E-state index in [0.717, 1.165) is 11.1 Å². The number of aliphatic hydroxyl groups is 1. The molecule has 2 nitrogen and oxygen atoms in total. The lowest BCUT2D eigenvalue weighted by atomic mass is 10.1. The summed E-state index contributed by atoms with van der Waals surface area (Å²) in [5.41, 5.74) is 1.57. The van der Waals surface area contributed by atoms with Crippen LogP contribution in [0.4, 0.5) is 0 Å². The first-order chi connectivity index (χ1) is 6.16. The van der Waals surface area contributed by atoms with Crippen molar-refractivity contribution in [2.45, 2.75) is 25.9 Å². The van der Waals surface area contributed by atoms with Crippen molar-refractivity contribution in [2.75, 3.05) is 0 Å². The highest BCUT2D eigenvalue weighted by molar-refractivity contribution is 5.99. The maximum Gasteiger partial charge on any atom is 0.162 e. The van der Waals surface area contributed by atoms with Crippen LogP contribution in [0.5, 0.6) is 0 Å². The van der Waals surface area contributed by atoms with Crippen LogP contribution in [-0.2, 0) is 4.79 Å². The van der Waals surface area contributed by atoms with Gasteiger partial charge in [-0.2, -0.15) is 0 Å². The Labute approximate surface area is 78.3 Å². The fourth-order valence-electron chi connectivity index (χ4n) is 1.43. The van der Waals surface area contributed by atoms with Gasteiger partial charge in [0.05, 0.1) is 6.10 Å². The molecule has 1 rings (SSSR count). The zero-order chi connectivity index (χ0) is 9.84. The number of allylic oxidation sites excluding steroid dienone is 4. The standard InChI is InChI=1S/C11H14O2/c1-3-4-5-6-9-8(2)10(12)7-11(9)13/h3-5,10,12H,1,6-7H2,2H3/b5-4-/t10-/m1/s1. The van der Waals surface area contributed by atoms with E-state index < -0.39 is 6.10 Å². The summed E-state index contributed by atoms with van der Waals surface area (Å²) >= 11 is 0. The second-order valence-electron chi connectivity index (χ2n) is 3.17. The van der Waals surface area contributed by atoms with Crippen molar-refractivity contribution in [3.05, 3.63) is 36.0 Å². The van der Waals surface area contributed by atoms with Gasteiger partial charge in [0.2, 0.25) is 0 Å². The largest absolute Gasteiger partial charge is 0.388 e. The molecule has 70 valence electrons. The quantitative estimate of drug-likeness (QED) is 0.669. The summed E-state index contributed by atoms with van der Waals surface area (Å²) in [4.78, 5) is 11.3. The molecule has 0 bridgehead atoms. The van der Waals surface area contributed by atoms with Gasteiger partial charge < -0.3 is 5.11 Å². The van der Waals surface area contributed by atoms with E-state index in [4.69, 9.17) is 0 Å². The van der Waals surface area contributed by atoms with Crippen molar-refractivity contribution in [1.82, 2.24) is 0 Å². The molecule has 0 aromatic carbocycles. The Hall–Kier alpha value is -1.15. The third-order valence-electron chi connectivity index (χ3n) is 2.29. The minimum Gasteiger partial charge on any atom is -0.388 e. The van der Waals surface area contributed by atoms with Gasteiger partial charge in [-0.3, -0.25) is 4.79 Å². The normalized spacial score (nSPS) is 23.2. The van der Waals surface area contributed by atoms with Crippen molar-refractivity contribution in [1.29, 1.82) is 0 Å². The number of carbonyl (C=O) groups is 1. The molecular formula is C11H14O2. The van der Waals surface area contributed by atoms with E-state index in [0.29, 0.717) is 6.42 Å². The predicted molar refractivity (Wildman–Crippen MR) is 52.3 cm³/mol. The first kappa shape index (κ1) is 9.93. The molecule has 0 amide bonds. The molecule has 13 heavy (non-hydrogen) atoms. The molecule has 0 saturated heterocycles. The zero-order valence-corrected chi connectivity index (χ0v) is 7.79. The molecule has 0 heterocycles. The van der Waals surface area contributed by atoms with Crippen molar-refractivity contribution in [3.63, 3.8) is 0 Å². The lowest BCUT2D eigenvalue weighted by Crippen LogP contribution is -2.03. The Balaban J connectivity index is 2.72.